The van der Waals surface area contributed by atoms with E-state index < -0.39 is 0 Å². The summed E-state index contributed by atoms with van der Waals surface area (Å²) < 4.78 is 6.26. The lowest BCUT2D eigenvalue weighted by Gasteiger charge is -2.02. The predicted molar refractivity (Wildman–Crippen MR) is 66.8 cm³/mol. The van der Waals surface area contributed by atoms with E-state index in [2.05, 4.69) is 0 Å². The molecule has 82 valence electrons. The second-order valence-electron chi connectivity index (χ2n) is 3.06. The molecule has 2 rings (SSSR count). The third-order valence-corrected chi connectivity index (χ3v) is 4.11. The summed E-state index contributed by atoms with van der Waals surface area (Å²) in [7, 11) is 1.65. The van der Waals surface area contributed by atoms with Gasteiger partial charge in [-0.1, -0.05) is 17.8 Å². The Labute approximate surface area is 102 Å². The zero-order chi connectivity index (χ0) is 11.4. The second-order valence-corrected chi connectivity index (χ2v) is 5.54. The number of hydrogen-bond donors (Lipinski definition) is 0. The summed E-state index contributed by atoms with van der Waals surface area (Å²) in [6, 6.07) is 11.7. The van der Waals surface area contributed by atoms with Gasteiger partial charge in [0.2, 0.25) is 0 Å². The molecule has 0 saturated carbocycles. The predicted octanol–water partition coefficient (Wildman–Crippen LogP) is 3.72. The van der Waals surface area contributed by atoms with E-state index >= 15 is 0 Å². The Morgan fingerprint density at radius 2 is 2.19 bits per heavy atom. The number of benzene rings is 1. The van der Waals surface area contributed by atoms with Gasteiger partial charge in [-0.05, 0) is 30.3 Å². The van der Waals surface area contributed by atoms with Gasteiger partial charge in [-0.25, -0.2) is 0 Å². The van der Waals surface area contributed by atoms with E-state index in [4.69, 9.17) is 4.74 Å². The van der Waals surface area contributed by atoms with Crippen molar-refractivity contribution in [1.29, 1.82) is 0 Å². The summed E-state index contributed by atoms with van der Waals surface area (Å²) in [6.07, 6.45) is 0.875. The molecule has 2 nitrogen and oxygen atoms in total. The number of aldehydes is 1. The fourth-order valence-electron chi connectivity index (χ4n) is 1.23. The number of thiophene rings is 1. The van der Waals surface area contributed by atoms with Gasteiger partial charge in [0.05, 0.1) is 16.2 Å². The van der Waals surface area contributed by atoms with Crippen LogP contribution in [0.1, 0.15) is 9.67 Å². The lowest BCUT2D eigenvalue weighted by atomic mass is 10.3. The van der Waals surface area contributed by atoms with E-state index in [1.165, 1.54) is 11.3 Å². The van der Waals surface area contributed by atoms with E-state index in [1.807, 2.05) is 36.4 Å². The molecule has 0 amide bonds. The molecule has 0 spiro atoms. The molecule has 0 aliphatic carbocycles. The SMILES string of the molecule is COc1cccc(Sc2ccc(C=O)s2)c1. The summed E-state index contributed by atoms with van der Waals surface area (Å²) >= 11 is 3.13. The Bertz CT molecular complexity index is 491. The Morgan fingerprint density at radius 1 is 1.31 bits per heavy atom. The minimum absolute atomic E-state index is 0.755. The van der Waals surface area contributed by atoms with E-state index in [9.17, 15) is 4.79 Å². The highest BCUT2D eigenvalue weighted by molar-refractivity contribution is 8.01. The fraction of sp³-hybridized carbons (Fsp3) is 0.0833. The van der Waals surface area contributed by atoms with Crippen LogP contribution >= 0.6 is 23.1 Å². The van der Waals surface area contributed by atoms with E-state index in [0.717, 1.165) is 26.0 Å². The topological polar surface area (TPSA) is 26.3 Å². The molecule has 0 saturated heterocycles. The first-order valence-electron chi connectivity index (χ1n) is 4.69. The van der Waals surface area contributed by atoms with Crippen LogP contribution in [0, 0.1) is 0 Å². The second kappa shape index (κ2) is 5.18. The molecule has 16 heavy (non-hydrogen) atoms. The molecule has 0 N–H and O–H groups in total. The van der Waals surface area contributed by atoms with Crippen LogP contribution < -0.4 is 4.74 Å². The Balaban J connectivity index is 2.16. The van der Waals surface area contributed by atoms with Crippen LogP contribution in [0.25, 0.3) is 0 Å². The molecule has 0 aliphatic rings. The molecule has 0 unspecified atom stereocenters. The minimum atomic E-state index is 0.755. The first-order valence-corrected chi connectivity index (χ1v) is 6.32. The summed E-state index contributed by atoms with van der Waals surface area (Å²) in [5.41, 5.74) is 0. The van der Waals surface area contributed by atoms with E-state index in [0.29, 0.717) is 0 Å². The molecule has 0 fully saturated rings. The van der Waals surface area contributed by atoms with Crippen LogP contribution in [0.4, 0.5) is 0 Å². The molecule has 0 bridgehead atoms. The van der Waals surface area contributed by atoms with Gasteiger partial charge in [-0.15, -0.1) is 11.3 Å². The number of carbonyl (C=O) groups excluding carboxylic acids is 1. The van der Waals surface area contributed by atoms with Gasteiger partial charge in [-0.3, -0.25) is 4.79 Å². The molecule has 1 heterocycles. The van der Waals surface area contributed by atoms with Crippen molar-refractivity contribution in [3.05, 3.63) is 41.3 Å². The monoisotopic (exact) mass is 250 g/mol. The fourth-order valence-corrected chi connectivity index (χ4v) is 3.22. The van der Waals surface area contributed by atoms with Gasteiger partial charge in [0.15, 0.2) is 6.29 Å². The number of rotatable bonds is 4. The third kappa shape index (κ3) is 2.65. The van der Waals surface area contributed by atoms with Crippen molar-refractivity contribution in [1.82, 2.24) is 0 Å². The zero-order valence-corrected chi connectivity index (χ0v) is 10.3. The van der Waals surface area contributed by atoms with E-state index in [1.54, 1.807) is 18.9 Å². The maximum Gasteiger partial charge on any atom is 0.160 e. The quantitative estimate of drug-likeness (QED) is 0.774. The van der Waals surface area contributed by atoms with Gasteiger partial charge >= 0.3 is 0 Å². The van der Waals surface area contributed by atoms with Crippen molar-refractivity contribution in [2.45, 2.75) is 9.10 Å². The first kappa shape index (κ1) is 11.2. The standard InChI is InChI=1S/C12H10O2S2/c1-14-9-3-2-4-10(7-9)15-12-6-5-11(8-13)16-12/h2-8H,1H3. The van der Waals surface area contributed by atoms with Gasteiger partial charge in [-0.2, -0.15) is 0 Å². The van der Waals surface area contributed by atoms with E-state index in [-0.39, 0.29) is 0 Å². The average molecular weight is 250 g/mol. The van der Waals surface area contributed by atoms with Crippen LogP contribution in [0.3, 0.4) is 0 Å². The van der Waals surface area contributed by atoms with Crippen molar-refractivity contribution in [2.24, 2.45) is 0 Å². The van der Waals surface area contributed by atoms with Crippen LogP contribution in [0.5, 0.6) is 5.75 Å². The molecule has 0 radical (unpaired) electrons. The number of carbonyl (C=O) groups is 1. The summed E-state index contributed by atoms with van der Waals surface area (Å²) in [5.74, 6) is 0.845. The molecular weight excluding hydrogens is 240 g/mol. The molecule has 4 heteroatoms. The van der Waals surface area contributed by atoms with Crippen LogP contribution in [-0.4, -0.2) is 13.4 Å². The Kier molecular flexibility index (Phi) is 3.64. The molecule has 0 atom stereocenters. The highest BCUT2D eigenvalue weighted by Gasteiger charge is 2.02. The van der Waals surface area contributed by atoms with Crippen molar-refractivity contribution in [3.63, 3.8) is 0 Å². The highest BCUT2D eigenvalue weighted by atomic mass is 32.2. The van der Waals surface area contributed by atoms with Gasteiger partial charge in [0, 0.05) is 4.90 Å². The third-order valence-electron chi connectivity index (χ3n) is 1.98. The highest BCUT2D eigenvalue weighted by Crippen LogP contribution is 2.34. The van der Waals surface area contributed by atoms with Crippen molar-refractivity contribution < 1.29 is 9.53 Å². The van der Waals surface area contributed by atoms with Gasteiger partial charge < -0.3 is 4.74 Å². The molecule has 0 aliphatic heterocycles. The first-order chi connectivity index (χ1) is 7.81. The summed E-state index contributed by atoms with van der Waals surface area (Å²) in [4.78, 5) is 12.4. The smallest absolute Gasteiger partial charge is 0.160 e. The maximum absolute atomic E-state index is 10.6. The van der Waals surface area contributed by atoms with Crippen LogP contribution in [0.15, 0.2) is 45.5 Å². The summed E-state index contributed by atoms with van der Waals surface area (Å²) in [6.45, 7) is 0. The van der Waals surface area contributed by atoms with Crippen molar-refractivity contribution in [2.75, 3.05) is 7.11 Å². The lowest BCUT2D eigenvalue weighted by molar-refractivity contribution is 0.112. The number of ether oxygens (including phenoxy) is 1. The normalized spacial score (nSPS) is 10.1. The lowest BCUT2D eigenvalue weighted by Crippen LogP contribution is -1.81. The van der Waals surface area contributed by atoms with Gasteiger partial charge in [0.1, 0.15) is 5.75 Å². The molecule has 1 aromatic carbocycles. The van der Waals surface area contributed by atoms with Crippen molar-refractivity contribution >= 4 is 29.4 Å². The maximum atomic E-state index is 10.6. The largest absolute Gasteiger partial charge is 0.497 e. The Morgan fingerprint density at radius 3 is 2.88 bits per heavy atom. The van der Waals surface area contributed by atoms with Gasteiger partial charge in [0.25, 0.3) is 0 Å². The number of hydrogen-bond acceptors (Lipinski definition) is 4. The average Bonchev–Trinajstić information content (AvgIpc) is 2.77. The van der Waals surface area contributed by atoms with Crippen LogP contribution in [-0.2, 0) is 0 Å². The summed E-state index contributed by atoms with van der Waals surface area (Å²) in [5, 5.41) is 0. The molecule has 1 aromatic heterocycles. The molecular formula is C12H10O2S2. The van der Waals surface area contributed by atoms with Crippen LogP contribution in [0.2, 0.25) is 0 Å². The zero-order valence-electron chi connectivity index (χ0n) is 8.67. The van der Waals surface area contributed by atoms with Crippen molar-refractivity contribution in [3.8, 4) is 5.75 Å². The minimum Gasteiger partial charge on any atom is -0.497 e. The molecule has 2 aromatic rings. The number of methoxy groups -OCH3 is 1. The Hall–Kier alpha value is -1.26.